The molecule has 0 amide bonds. The Kier molecular flexibility index (Phi) is 3.24. The maximum atomic E-state index is 10.9. The summed E-state index contributed by atoms with van der Waals surface area (Å²) in [5, 5.41) is 14.2. The minimum absolute atomic E-state index is 0.128. The molecule has 0 aliphatic heterocycles. The zero-order chi connectivity index (χ0) is 13.3. The van der Waals surface area contributed by atoms with Crippen molar-refractivity contribution in [1.82, 2.24) is 4.98 Å². The third kappa shape index (κ3) is 2.44. The van der Waals surface area contributed by atoms with E-state index in [1.165, 1.54) is 18.9 Å². The molecule has 0 aromatic carbocycles. The Bertz CT molecular complexity index is 471. The van der Waals surface area contributed by atoms with Gasteiger partial charge in [0.1, 0.15) is 5.82 Å². The standard InChI is InChI=1S/C13H19N3O2/c1-9-8-14-12(7-10(9)16(17)18)15-11-5-4-6-13(11,2)3/h7-8,11H,4-6H2,1-3H3,(H,14,15). The summed E-state index contributed by atoms with van der Waals surface area (Å²) < 4.78 is 0. The number of nitrogens with zero attached hydrogens (tertiary/aromatic N) is 2. The van der Waals surface area contributed by atoms with E-state index in [1.807, 2.05) is 0 Å². The van der Waals surface area contributed by atoms with Crippen molar-refractivity contribution in [2.45, 2.75) is 46.1 Å². The first-order chi connectivity index (χ1) is 8.40. The highest BCUT2D eigenvalue weighted by Gasteiger charge is 2.34. The molecule has 2 rings (SSSR count). The van der Waals surface area contributed by atoms with E-state index in [9.17, 15) is 10.1 Å². The second-order valence-electron chi connectivity index (χ2n) is 5.69. The lowest BCUT2D eigenvalue weighted by Gasteiger charge is -2.28. The van der Waals surface area contributed by atoms with Crippen molar-refractivity contribution in [3.63, 3.8) is 0 Å². The number of rotatable bonds is 3. The van der Waals surface area contributed by atoms with E-state index < -0.39 is 0 Å². The molecule has 1 aliphatic carbocycles. The van der Waals surface area contributed by atoms with Crippen molar-refractivity contribution in [2.75, 3.05) is 5.32 Å². The van der Waals surface area contributed by atoms with Crippen LogP contribution in [0.25, 0.3) is 0 Å². The number of aryl methyl sites for hydroxylation is 1. The number of anilines is 1. The highest BCUT2D eigenvalue weighted by atomic mass is 16.6. The second-order valence-corrected chi connectivity index (χ2v) is 5.69. The van der Waals surface area contributed by atoms with Crippen LogP contribution in [-0.2, 0) is 0 Å². The molecule has 0 saturated heterocycles. The minimum Gasteiger partial charge on any atom is -0.367 e. The fourth-order valence-corrected chi connectivity index (χ4v) is 2.56. The Morgan fingerprint density at radius 1 is 1.56 bits per heavy atom. The maximum absolute atomic E-state index is 10.9. The quantitative estimate of drug-likeness (QED) is 0.659. The Morgan fingerprint density at radius 2 is 2.28 bits per heavy atom. The molecular weight excluding hydrogens is 230 g/mol. The van der Waals surface area contributed by atoms with Gasteiger partial charge in [-0.1, -0.05) is 20.3 Å². The number of hydrogen-bond acceptors (Lipinski definition) is 4. The Morgan fingerprint density at radius 3 is 2.83 bits per heavy atom. The molecule has 1 saturated carbocycles. The summed E-state index contributed by atoms with van der Waals surface area (Å²) in [6, 6.07) is 1.87. The molecule has 1 unspecified atom stereocenters. The van der Waals surface area contributed by atoms with E-state index in [0.717, 1.165) is 6.42 Å². The number of hydrogen-bond donors (Lipinski definition) is 1. The van der Waals surface area contributed by atoms with E-state index >= 15 is 0 Å². The molecule has 0 bridgehead atoms. The second kappa shape index (κ2) is 4.55. The van der Waals surface area contributed by atoms with Crippen LogP contribution in [0.5, 0.6) is 0 Å². The number of nitrogens with one attached hydrogen (secondary N) is 1. The monoisotopic (exact) mass is 249 g/mol. The third-order valence-corrected chi connectivity index (χ3v) is 3.85. The van der Waals surface area contributed by atoms with Crippen LogP contribution < -0.4 is 5.32 Å². The van der Waals surface area contributed by atoms with E-state index in [4.69, 9.17) is 0 Å². The molecule has 1 aromatic heterocycles. The average Bonchev–Trinajstić information content (AvgIpc) is 2.60. The summed E-state index contributed by atoms with van der Waals surface area (Å²) in [6.45, 7) is 6.15. The molecule has 1 heterocycles. The molecule has 0 spiro atoms. The first kappa shape index (κ1) is 12.8. The molecule has 5 heteroatoms. The van der Waals surface area contributed by atoms with Gasteiger partial charge in [-0.05, 0) is 25.2 Å². The molecular formula is C13H19N3O2. The van der Waals surface area contributed by atoms with Gasteiger partial charge < -0.3 is 5.32 Å². The molecule has 18 heavy (non-hydrogen) atoms. The van der Waals surface area contributed by atoms with E-state index in [0.29, 0.717) is 17.4 Å². The predicted molar refractivity (Wildman–Crippen MR) is 70.7 cm³/mol. The highest BCUT2D eigenvalue weighted by molar-refractivity contribution is 5.49. The van der Waals surface area contributed by atoms with Gasteiger partial charge in [0.05, 0.1) is 11.0 Å². The van der Waals surface area contributed by atoms with E-state index in [1.54, 1.807) is 13.1 Å². The van der Waals surface area contributed by atoms with Crippen molar-refractivity contribution in [2.24, 2.45) is 5.41 Å². The zero-order valence-electron chi connectivity index (χ0n) is 11.1. The lowest BCUT2D eigenvalue weighted by molar-refractivity contribution is -0.385. The average molecular weight is 249 g/mol. The van der Waals surface area contributed by atoms with Gasteiger partial charge in [-0.2, -0.15) is 0 Å². The molecule has 1 N–H and O–H groups in total. The van der Waals surface area contributed by atoms with Crippen molar-refractivity contribution < 1.29 is 4.92 Å². The van der Waals surface area contributed by atoms with Gasteiger partial charge in [-0.15, -0.1) is 0 Å². The van der Waals surface area contributed by atoms with Gasteiger partial charge >= 0.3 is 0 Å². The van der Waals surface area contributed by atoms with Crippen LogP contribution in [0.4, 0.5) is 11.5 Å². The maximum Gasteiger partial charge on any atom is 0.277 e. The van der Waals surface area contributed by atoms with Crippen LogP contribution in [0.2, 0.25) is 0 Å². The smallest absolute Gasteiger partial charge is 0.277 e. The summed E-state index contributed by atoms with van der Waals surface area (Å²) in [5.74, 6) is 0.604. The normalized spacial score (nSPS) is 21.8. The fraction of sp³-hybridized carbons (Fsp3) is 0.615. The van der Waals surface area contributed by atoms with E-state index in [2.05, 4.69) is 24.1 Å². The molecule has 0 radical (unpaired) electrons. The van der Waals surface area contributed by atoms with Gasteiger partial charge in [0, 0.05) is 17.8 Å². The lowest BCUT2D eigenvalue weighted by atomic mass is 9.87. The number of aromatic nitrogens is 1. The zero-order valence-corrected chi connectivity index (χ0v) is 11.1. The SMILES string of the molecule is Cc1cnc(NC2CCCC2(C)C)cc1[N+](=O)[O-]. The number of nitro groups is 1. The molecule has 5 nitrogen and oxygen atoms in total. The molecule has 1 fully saturated rings. The first-order valence-corrected chi connectivity index (χ1v) is 6.28. The van der Waals surface area contributed by atoms with Crippen LogP contribution >= 0.6 is 0 Å². The van der Waals surface area contributed by atoms with Crippen LogP contribution in [-0.4, -0.2) is 15.9 Å². The highest BCUT2D eigenvalue weighted by Crippen LogP contribution is 2.39. The minimum atomic E-state index is -0.359. The Hall–Kier alpha value is -1.65. The first-order valence-electron chi connectivity index (χ1n) is 6.28. The summed E-state index contributed by atoms with van der Waals surface area (Å²) in [7, 11) is 0. The van der Waals surface area contributed by atoms with Crippen LogP contribution in [0.3, 0.4) is 0 Å². The van der Waals surface area contributed by atoms with Crippen molar-refractivity contribution in [3.05, 3.63) is 27.9 Å². The molecule has 1 atom stereocenters. The lowest BCUT2D eigenvalue weighted by Crippen LogP contribution is -2.31. The summed E-state index contributed by atoms with van der Waals surface area (Å²) in [6.07, 6.45) is 5.02. The molecule has 1 aliphatic rings. The molecule has 1 aromatic rings. The Balaban J connectivity index is 2.20. The fourth-order valence-electron chi connectivity index (χ4n) is 2.56. The van der Waals surface area contributed by atoms with Gasteiger partial charge in [0.15, 0.2) is 0 Å². The summed E-state index contributed by atoms with van der Waals surface area (Å²) >= 11 is 0. The van der Waals surface area contributed by atoms with Gasteiger partial charge in [0.2, 0.25) is 0 Å². The summed E-state index contributed by atoms with van der Waals surface area (Å²) in [5.41, 5.74) is 0.945. The molecule has 98 valence electrons. The van der Waals surface area contributed by atoms with Crippen molar-refractivity contribution in [1.29, 1.82) is 0 Å². The van der Waals surface area contributed by atoms with Crippen LogP contribution in [0.1, 0.15) is 38.7 Å². The van der Waals surface area contributed by atoms with Gasteiger partial charge in [0.25, 0.3) is 5.69 Å². The van der Waals surface area contributed by atoms with Gasteiger partial charge in [-0.25, -0.2) is 4.98 Å². The topological polar surface area (TPSA) is 68.1 Å². The summed E-state index contributed by atoms with van der Waals surface area (Å²) in [4.78, 5) is 14.8. The van der Waals surface area contributed by atoms with Gasteiger partial charge in [-0.3, -0.25) is 10.1 Å². The van der Waals surface area contributed by atoms with E-state index in [-0.39, 0.29) is 16.0 Å². The van der Waals surface area contributed by atoms with Crippen LogP contribution in [0.15, 0.2) is 12.3 Å². The largest absolute Gasteiger partial charge is 0.367 e. The predicted octanol–water partition coefficient (Wildman–Crippen LogP) is 3.29. The Labute approximate surface area is 107 Å². The number of pyridine rings is 1. The van der Waals surface area contributed by atoms with Crippen molar-refractivity contribution in [3.8, 4) is 0 Å². The van der Waals surface area contributed by atoms with Crippen LogP contribution in [0, 0.1) is 22.5 Å². The third-order valence-electron chi connectivity index (χ3n) is 3.85. The van der Waals surface area contributed by atoms with Crippen molar-refractivity contribution >= 4 is 11.5 Å².